The van der Waals surface area contributed by atoms with Crippen LogP contribution in [0.3, 0.4) is 0 Å². The molecule has 0 aromatic heterocycles. The van der Waals surface area contributed by atoms with E-state index in [1.807, 2.05) is 25.1 Å². The van der Waals surface area contributed by atoms with Crippen LogP contribution in [0.15, 0.2) is 30.5 Å². The van der Waals surface area contributed by atoms with E-state index < -0.39 is 0 Å². The lowest BCUT2D eigenvalue weighted by molar-refractivity contribution is 0.155. The van der Waals surface area contributed by atoms with Crippen LogP contribution in [0.2, 0.25) is 0 Å². The van der Waals surface area contributed by atoms with E-state index in [2.05, 4.69) is 12.1 Å². The Morgan fingerprint density at radius 3 is 2.83 bits per heavy atom. The minimum Gasteiger partial charge on any atom is -0.501 e. The first-order chi connectivity index (χ1) is 8.88. The van der Waals surface area contributed by atoms with E-state index in [0.717, 1.165) is 11.3 Å². The highest BCUT2D eigenvalue weighted by Crippen LogP contribution is 2.24. The second kappa shape index (κ2) is 7.10. The van der Waals surface area contributed by atoms with Crippen LogP contribution < -0.4 is 4.74 Å². The van der Waals surface area contributed by atoms with Crippen LogP contribution >= 0.6 is 0 Å². The van der Waals surface area contributed by atoms with Crippen molar-refractivity contribution in [3.05, 3.63) is 36.1 Å². The highest BCUT2D eigenvalue weighted by Gasteiger charge is 2.14. The second-order valence-electron chi connectivity index (χ2n) is 4.71. The summed E-state index contributed by atoms with van der Waals surface area (Å²) in [7, 11) is 0. The molecule has 0 aliphatic heterocycles. The molecule has 0 bridgehead atoms. The largest absolute Gasteiger partial charge is 0.501 e. The zero-order valence-electron chi connectivity index (χ0n) is 11.1. The van der Waals surface area contributed by atoms with E-state index in [1.54, 1.807) is 6.26 Å². The van der Waals surface area contributed by atoms with Crippen molar-refractivity contribution in [2.45, 2.75) is 45.1 Å². The Labute approximate surface area is 110 Å². The molecule has 2 rings (SSSR count). The third-order valence-corrected chi connectivity index (χ3v) is 3.24. The molecule has 0 heterocycles. The van der Waals surface area contributed by atoms with Gasteiger partial charge in [0.1, 0.15) is 5.75 Å². The van der Waals surface area contributed by atoms with Gasteiger partial charge >= 0.3 is 0 Å². The maximum absolute atomic E-state index is 6.03. The summed E-state index contributed by atoms with van der Waals surface area (Å²) >= 11 is 0. The molecule has 18 heavy (non-hydrogen) atoms. The summed E-state index contributed by atoms with van der Waals surface area (Å²) in [5, 5.41) is 0. The fourth-order valence-electron chi connectivity index (χ4n) is 2.29. The first-order valence-corrected chi connectivity index (χ1v) is 6.93. The van der Waals surface area contributed by atoms with Gasteiger partial charge in [0.25, 0.3) is 0 Å². The fourth-order valence-corrected chi connectivity index (χ4v) is 2.29. The molecule has 1 fully saturated rings. The van der Waals surface area contributed by atoms with Gasteiger partial charge in [0.2, 0.25) is 0 Å². The average molecular weight is 246 g/mol. The molecule has 2 heteroatoms. The zero-order valence-corrected chi connectivity index (χ0v) is 11.1. The summed E-state index contributed by atoms with van der Waals surface area (Å²) in [5.41, 5.74) is 1.12. The van der Waals surface area contributed by atoms with Crippen LogP contribution in [0, 0.1) is 0 Å². The number of hydrogen-bond donors (Lipinski definition) is 0. The average Bonchev–Trinajstić information content (AvgIpc) is 2.41. The first kappa shape index (κ1) is 13.0. The van der Waals surface area contributed by atoms with Crippen molar-refractivity contribution < 1.29 is 9.47 Å². The Hall–Kier alpha value is -1.44. The van der Waals surface area contributed by atoms with Gasteiger partial charge in [-0.15, -0.1) is 0 Å². The third-order valence-electron chi connectivity index (χ3n) is 3.24. The Bertz CT molecular complexity index is 378. The summed E-state index contributed by atoms with van der Waals surface area (Å²) < 4.78 is 11.2. The molecule has 0 N–H and O–H groups in total. The van der Waals surface area contributed by atoms with Gasteiger partial charge in [-0.1, -0.05) is 18.6 Å². The molecule has 0 amide bonds. The lowest BCUT2D eigenvalue weighted by atomic mass is 9.98. The van der Waals surface area contributed by atoms with Gasteiger partial charge in [-0.2, -0.15) is 0 Å². The maximum Gasteiger partial charge on any atom is 0.120 e. The maximum atomic E-state index is 6.03. The Balaban J connectivity index is 1.93. The van der Waals surface area contributed by atoms with Gasteiger partial charge in [0.05, 0.1) is 19.0 Å². The van der Waals surface area contributed by atoms with Gasteiger partial charge in [-0.25, -0.2) is 0 Å². The molecule has 98 valence electrons. The van der Waals surface area contributed by atoms with Crippen molar-refractivity contribution in [1.82, 2.24) is 0 Å². The molecule has 0 unspecified atom stereocenters. The molecule has 0 saturated heterocycles. The van der Waals surface area contributed by atoms with Gasteiger partial charge in [0.15, 0.2) is 0 Å². The zero-order chi connectivity index (χ0) is 12.6. The van der Waals surface area contributed by atoms with E-state index >= 15 is 0 Å². The lowest BCUT2D eigenvalue weighted by Crippen LogP contribution is -2.19. The molecular formula is C16H22O2. The number of benzene rings is 1. The Morgan fingerprint density at radius 2 is 2.06 bits per heavy atom. The fraction of sp³-hybridized carbons (Fsp3) is 0.500. The molecule has 2 nitrogen and oxygen atoms in total. The van der Waals surface area contributed by atoms with Crippen molar-refractivity contribution in [3.63, 3.8) is 0 Å². The van der Waals surface area contributed by atoms with Crippen LogP contribution in [0.25, 0.3) is 6.08 Å². The molecule has 1 saturated carbocycles. The van der Waals surface area contributed by atoms with Gasteiger partial charge in [0, 0.05) is 0 Å². The summed E-state index contributed by atoms with van der Waals surface area (Å²) in [6.07, 6.45) is 10.5. The van der Waals surface area contributed by atoms with E-state index in [9.17, 15) is 0 Å². The predicted octanol–water partition coefficient (Wildman–Crippen LogP) is 4.41. The first-order valence-electron chi connectivity index (χ1n) is 6.93. The minimum atomic E-state index is 0.407. The van der Waals surface area contributed by atoms with Crippen molar-refractivity contribution in [1.29, 1.82) is 0 Å². The normalized spacial score (nSPS) is 16.9. The van der Waals surface area contributed by atoms with E-state index in [-0.39, 0.29) is 0 Å². The van der Waals surface area contributed by atoms with Crippen LogP contribution in [0.5, 0.6) is 5.75 Å². The van der Waals surface area contributed by atoms with Crippen molar-refractivity contribution >= 4 is 6.08 Å². The molecular weight excluding hydrogens is 224 g/mol. The molecule has 1 aliphatic rings. The van der Waals surface area contributed by atoms with Crippen LogP contribution in [0.4, 0.5) is 0 Å². The topological polar surface area (TPSA) is 18.5 Å². The monoisotopic (exact) mass is 246 g/mol. The highest BCUT2D eigenvalue weighted by molar-refractivity contribution is 5.50. The van der Waals surface area contributed by atoms with Gasteiger partial charge < -0.3 is 9.47 Å². The van der Waals surface area contributed by atoms with E-state index in [4.69, 9.17) is 9.47 Å². The Kier molecular flexibility index (Phi) is 5.13. The summed E-state index contributed by atoms with van der Waals surface area (Å²) in [4.78, 5) is 0. The van der Waals surface area contributed by atoms with E-state index in [1.165, 1.54) is 32.1 Å². The third kappa shape index (κ3) is 4.10. The molecule has 1 aromatic rings. The molecule has 0 radical (unpaired) electrons. The van der Waals surface area contributed by atoms with Gasteiger partial charge in [-0.3, -0.25) is 0 Å². The summed E-state index contributed by atoms with van der Waals surface area (Å²) in [6.45, 7) is 2.68. The standard InChI is InChI=1S/C16H22O2/c1-2-17-12-11-14-7-6-10-16(13-14)18-15-8-4-3-5-9-15/h6-7,10-13,15H,2-5,8-9H2,1H3. The smallest absolute Gasteiger partial charge is 0.120 e. The lowest BCUT2D eigenvalue weighted by Gasteiger charge is -2.23. The van der Waals surface area contributed by atoms with Crippen LogP contribution in [-0.4, -0.2) is 12.7 Å². The van der Waals surface area contributed by atoms with Crippen molar-refractivity contribution in [3.8, 4) is 5.75 Å². The van der Waals surface area contributed by atoms with E-state index in [0.29, 0.717) is 12.7 Å². The van der Waals surface area contributed by atoms with Crippen molar-refractivity contribution in [2.75, 3.05) is 6.61 Å². The number of ether oxygens (including phenoxy) is 2. The quantitative estimate of drug-likeness (QED) is 0.717. The molecule has 1 aliphatic carbocycles. The molecule has 0 spiro atoms. The SMILES string of the molecule is CCOC=Cc1cccc(OC2CCCCC2)c1. The van der Waals surface area contributed by atoms with Crippen LogP contribution in [-0.2, 0) is 4.74 Å². The van der Waals surface area contributed by atoms with Crippen LogP contribution in [0.1, 0.15) is 44.6 Å². The highest BCUT2D eigenvalue weighted by atomic mass is 16.5. The van der Waals surface area contributed by atoms with Crippen molar-refractivity contribution in [2.24, 2.45) is 0 Å². The number of rotatable bonds is 5. The second-order valence-corrected chi connectivity index (χ2v) is 4.71. The van der Waals surface area contributed by atoms with Gasteiger partial charge in [-0.05, 0) is 56.4 Å². The Morgan fingerprint density at radius 1 is 1.22 bits per heavy atom. The summed E-state index contributed by atoms with van der Waals surface area (Å²) in [6, 6.07) is 8.20. The molecule has 1 aromatic carbocycles. The minimum absolute atomic E-state index is 0.407. The predicted molar refractivity (Wildman–Crippen MR) is 74.6 cm³/mol. The summed E-state index contributed by atoms with van der Waals surface area (Å²) in [5.74, 6) is 0.973. The molecule has 0 atom stereocenters. The number of hydrogen-bond acceptors (Lipinski definition) is 2.